The van der Waals surface area contributed by atoms with E-state index in [9.17, 15) is 0 Å². The largest absolute Gasteiger partial charge is 0.198 e. The number of hydrogen-bond acceptors (Lipinski definition) is 1. The Labute approximate surface area is 94.3 Å². The quantitative estimate of drug-likeness (QED) is 0.741. The molecule has 1 aromatic carbocycles. The minimum atomic E-state index is -0.240. The van der Waals surface area contributed by atoms with Gasteiger partial charge >= 0.3 is 0 Å². The van der Waals surface area contributed by atoms with E-state index in [4.69, 9.17) is 28.5 Å². The minimum absolute atomic E-state index is 0.206. The first kappa shape index (κ1) is 11.4. The molecule has 14 heavy (non-hydrogen) atoms. The van der Waals surface area contributed by atoms with Gasteiger partial charge in [0.25, 0.3) is 0 Å². The first-order chi connectivity index (χ1) is 6.57. The van der Waals surface area contributed by atoms with Crippen molar-refractivity contribution < 1.29 is 0 Å². The molecule has 0 heterocycles. The number of nitriles is 1. The van der Waals surface area contributed by atoms with Crippen molar-refractivity contribution in [3.63, 3.8) is 0 Å². The third-order valence-corrected chi connectivity index (χ3v) is 2.78. The van der Waals surface area contributed by atoms with E-state index in [1.165, 1.54) is 0 Å². The topological polar surface area (TPSA) is 23.8 Å². The Kier molecular flexibility index (Phi) is 3.80. The van der Waals surface area contributed by atoms with Crippen molar-refractivity contribution in [2.75, 3.05) is 0 Å². The predicted molar refractivity (Wildman–Crippen MR) is 59.7 cm³/mol. The van der Waals surface area contributed by atoms with Gasteiger partial charge in [-0.2, -0.15) is 5.26 Å². The molecule has 0 bridgehead atoms. The summed E-state index contributed by atoms with van der Waals surface area (Å²) < 4.78 is 0. The fourth-order valence-electron chi connectivity index (χ4n) is 1.35. The maximum Gasteiger partial charge on any atom is 0.0764 e. The Hall–Kier alpha value is -0.710. The van der Waals surface area contributed by atoms with Gasteiger partial charge in [0.1, 0.15) is 0 Å². The van der Waals surface area contributed by atoms with Crippen LogP contribution in [0.15, 0.2) is 18.2 Å². The Morgan fingerprint density at radius 2 is 1.71 bits per heavy atom. The zero-order valence-electron chi connectivity index (χ0n) is 8.09. The molecule has 0 aliphatic rings. The maximum atomic E-state index is 9.03. The van der Waals surface area contributed by atoms with Gasteiger partial charge in [0, 0.05) is 15.6 Å². The average molecular weight is 228 g/mol. The highest BCUT2D eigenvalue weighted by molar-refractivity contribution is 6.36. The van der Waals surface area contributed by atoms with Gasteiger partial charge in [-0.1, -0.05) is 43.1 Å². The molecule has 1 rings (SSSR count). The molecule has 1 unspecified atom stereocenters. The van der Waals surface area contributed by atoms with Gasteiger partial charge in [-0.25, -0.2) is 0 Å². The van der Waals surface area contributed by atoms with Crippen LogP contribution in [0.4, 0.5) is 0 Å². The summed E-state index contributed by atoms with van der Waals surface area (Å²) in [7, 11) is 0. The average Bonchev–Trinajstić information content (AvgIpc) is 2.10. The van der Waals surface area contributed by atoms with Gasteiger partial charge in [-0.3, -0.25) is 0 Å². The number of nitrogens with zero attached hydrogens (tertiary/aromatic N) is 1. The number of rotatable bonds is 2. The lowest BCUT2D eigenvalue weighted by Gasteiger charge is -2.16. The number of benzene rings is 1. The summed E-state index contributed by atoms with van der Waals surface area (Å²) in [6, 6.07) is 7.53. The Morgan fingerprint density at radius 1 is 1.21 bits per heavy atom. The zero-order chi connectivity index (χ0) is 10.7. The summed E-state index contributed by atoms with van der Waals surface area (Å²) in [5.74, 6) is -0.0337. The van der Waals surface area contributed by atoms with Crippen molar-refractivity contribution in [1.82, 2.24) is 0 Å². The normalized spacial score (nSPS) is 12.6. The summed E-state index contributed by atoms with van der Waals surface area (Å²) in [6.07, 6.45) is 0. The summed E-state index contributed by atoms with van der Waals surface area (Å²) in [6.45, 7) is 3.96. The van der Waals surface area contributed by atoms with E-state index in [0.717, 1.165) is 5.56 Å². The van der Waals surface area contributed by atoms with Crippen molar-refractivity contribution >= 4 is 23.2 Å². The molecule has 0 aliphatic heterocycles. The van der Waals surface area contributed by atoms with Gasteiger partial charge in [0.2, 0.25) is 0 Å². The van der Waals surface area contributed by atoms with Gasteiger partial charge < -0.3 is 0 Å². The number of halogens is 2. The molecule has 0 spiro atoms. The van der Waals surface area contributed by atoms with Crippen molar-refractivity contribution in [1.29, 1.82) is 5.26 Å². The summed E-state index contributed by atoms with van der Waals surface area (Å²) >= 11 is 12.0. The van der Waals surface area contributed by atoms with Crippen molar-refractivity contribution in [2.24, 2.45) is 5.92 Å². The van der Waals surface area contributed by atoms with E-state index in [0.29, 0.717) is 10.0 Å². The minimum Gasteiger partial charge on any atom is -0.198 e. The maximum absolute atomic E-state index is 9.03. The van der Waals surface area contributed by atoms with Crippen LogP contribution in [0.5, 0.6) is 0 Å². The molecule has 1 nitrogen and oxygen atoms in total. The van der Waals surface area contributed by atoms with E-state index in [-0.39, 0.29) is 11.8 Å². The third kappa shape index (κ3) is 2.20. The van der Waals surface area contributed by atoms with E-state index in [1.54, 1.807) is 18.2 Å². The Bertz CT molecular complexity index is 346. The predicted octanol–water partition coefficient (Wildman–Crippen LogP) is 4.26. The Morgan fingerprint density at radius 3 is 2.07 bits per heavy atom. The molecule has 74 valence electrons. The van der Waals surface area contributed by atoms with E-state index >= 15 is 0 Å². The van der Waals surface area contributed by atoms with Crippen LogP contribution in [0.1, 0.15) is 25.3 Å². The lowest BCUT2D eigenvalue weighted by atomic mass is 9.90. The molecule has 0 aliphatic carbocycles. The van der Waals surface area contributed by atoms with Gasteiger partial charge in [0.15, 0.2) is 0 Å². The van der Waals surface area contributed by atoms with Crippen molar-refractivity contribution in [3.8, 4) is 6.07 Å². The Balaban J connectivity index is 3.24. The molecule has 0 saturated carbocycles. The monoisotopic (exact) mass is 227 g/mol. The smallest absolute Gasteiger partial charge is 0.0764 e. The lowest BCUT2D eigenvalue weighted by molar-refractivity contribution is 0.587. The first-order valence-corrected chi connectivity index (χ1v) is 5.17. The van der Waals surface area contributed by atoms with Crippen LogP contribution in [0.2, 0.25) is 10.0 Å². The molecule has 0 saturated heterocycles. The summed E-state index contributed by atoms with van der Waals surface area (Å²) in [4.78, 5) is 0. The fourth-order valence-corrected chi connectivity index (χ4v) is 1.99. The molecule has 0 radical (unpaired) electrons. The van der Waals surface area contributed by atoms with E-state index in [2.05, 4.69) is 6.07 Å². The highest BCUT2D eigenvalue weighted by Gasteiger charge is 2.20. The summed E-state index contributed by atoms with van der Waals surface area (Å²) in [5.41, 5.74) is 0.744. The first-order valence-electron chi connectivity index (χ1n) is 4.41. The van der Waals surface area contributed by atoms with Crippen LogP contribution < -0.4 is 0 Å². The molecule has 0 amide bonds. The second-order valence-electron chi connectivity index (χ2n) is 3.49. The molecular weight excluding hydrogens is 217 g/mol. The van der Waals surface area contributed by atoms with Crippen LogP contribution in [-0.2, 0) is 0 Å². The highest BCUT2D eigenvalue weighted by atomic mass is 35.5. The molecule has 3 heteroatoms. The van der Waals surface area contributed by atoms with E-state index in [1.807, 2.05) is 13.8 Å². The second kappa shape index (κ2) is 4.68. The second-order valence-corrected chi connectivity index (χ2v) is 4.30. The molecule has 1 aromatic rings. The van der Waals surface area contributed by atoms with Crippen LogP contribution in [0.3, 0.4) is 0 Å². The fraction of sp³-hybridized carbons (Fsp3) is 0.364. The van der Waals surface area contributed by atoms with Crippen molar-refractivity contribution in [3.05, 3.63) is 33.8 Å². The van der Waals surface area contributed by atoms with Gasteiger partial charge in [-0.05, 0) is 18.1 Å². The molecule has 0 fully saturated rings. The van der Waals surface area contributed by atoms with E-state index < -0.39 is 0 Å². The number of hydrogen-bond donors (Lipinski definition) is 0. The highest BCUT2D eigenvalue weighted by Crippen LogP contribution is 2.35. The van der Waals surface area contributed by atoms with Gasteiger partial charge in [-0.15, -0.1) is 0 Å². The van der Waals surface area contributed by atoms with Gasteiger partial charge in [0.05, 0.1) is 12.0 Å². The van der Waals surface area contributed by atoms with Crippen LogP contribution in [0.25, 0.3) is 0 Å². The van der Waals surface area contributed by atoms with Crippen LogP contribution in [0, 0.1) is 17.2 Å². The molecular formula is C11H11Cl2N. The standard InChI is InChI=1S/C11H11Cl2N/c1-7(2)8(6-14)11-9(12)4-3-5-10(11)13/h3-5,7-8H,1-2H3. The molecule has 0 N–H and O–H groups in total. The molecule has 0 aromatic heterocycles. The zero-order valence-corrected chi connectivity index (χ0v) is 9.60. The summed E-state index contributed by atoms with van der Waals surface area (Å²) in [5, 5.41) is 10.2. The van der Waals surface area contributed by atoms with Crippen molar-refractivity contribution in [2.45, 2.75) is 19.8 Å². The third-order valence-electron chi connectivity index (χ3n) is 2.12. The molecule has 1 atom stereocenters. The van der Waals surface area contributed by atoms with Crippen LogP contribution in [-0.4, -0.2) is 0 Å². The SMILES string of the molecule is CC(C)C(C#N)c1c(Cl)cccc1Cl. The lowest BCUT2D eigenvalue weighted by Crippen LogP contribution is -2.05. The van der Waals surface area contributed by atoms with Crippen LogP contribution >= 0.6 is 23.2 Å².